The number of amides is 1. The molecule has 0 saturated heterocycles. The number of nitrogens with one attached hydrogen (secondary N) is 1. The van der Waals surface area contributed by atoms with Gasteiger partial charge in [-0.3, -0.25) is 4.79 Å². The van der Waals surface area contributed by atoms with Gasteiger partial charge in [-0.25, -0.2) is 4.98 Å². The standard InChI is InChI=1S/C14H14F4N2O/c1-8(2)7-11(14(16,17)18)9(3)20-13(21)10-5-4-6-19-12(10)15/h4-7H,1-3H3,(H,20,21). The Morgan fingerprint density at radius 1 is 1.29 bits per heavy atom. The Hall–Kier alpha value is -2.18. The van der Waals surface area contributed by atoms with Crippen LogP contribution < -0.4 is 5.32 Å². The smallest absolute Gasteiger partial charge is 0.325 e. The van der Waals surface area contributed by atoms with Gasteiger partial charge in [0.05, 0.1) is 11.1 Å². The Labute approximate surface area is 119 Å². The topological polar surface area (TPSA) is 42.0 Å². The molecule has 1 N–H and O–H groups in total. The molecule has 0 aliphatic rings. The zero-order valence-corrected chi connectivity index (χ0v) is 11.7. The largest absolute Gasteiger partial charge is 0.418 e. The van der Waals surface area contributed by atoms with Crippen LogP contribution in [0.3, 0.4) is 0 Å². The lowest BCUT2D eigenvalue weighted by molar-refractivity contribution is -0.0892. The van der Waals surface area contributed by atoms with Gasteiger partial charge in [-0.1, -0.05) is 5.57 Å². The fraction of sp³-hybridized carbons (Fsp3) is 0.286. The molecule has 1 aromatic heterocycles. The number of carbonyl (C=O) groups is 1. The Morgan fingerprint density at radius 3 is 2.38 bits per heavy atom. The molecule has 0 unspecified atom stereocenters. The van der Waals surface area contributed by atoms with E-state index >= 15 is 0 Å². The van der Waals surface area contributed by atoms with E-state index in [9.17, 15) is 22.4 Å². The maximum Gasteiger partial charge on any atom is 0.418 e. The number of alkyl halides is 3. The number of hydrogen-bond acceptors (Lipinski definition) is 2. The summed E-state index contributed by atoms with van der Waals surface area (Å²) in [4.78, 5) is 15.1. The quantitative estimate of drug-likeness (QED) is 0.525. The van der Waals surface area contributed by atoms with Crippen LogP contribution in [0.5, 0.6) is 0 Å². The summed E-state index contributed by atoms with van der Waals surface area (Å²) in [5.41, 5.74) is -1.39. The maximum absolute atomic E-state index is 13.3. The molecule has 21 heavy (non-hydrogen) atoms. The molecule has 7 heteroatoms. The third-order valence-corrected chi connectivity index (χ3v) is 2.45. The van der Waals surface area contributed by atoms with Gasteiger partial charge in [-0.05, 0) is 39.0 Å². The van der Waals surface area contributed by atoms with E-state index < -0.39 is 34.9 Å². The molecule has 0 aliphatic carbocycles. The second-order valence-corrected chi connectivity index (χ2v) is 4.55. The number of rotatable bonds is 3. The van der Waals surface area contributed by atoms with Crippen molar-refractivity contribution in [1.29, 1.82) is 0 Å². The van der Waals surface area contributed by atoms with Crippen molar-refractivity contribution in [2.75, 3.05) is 0 Å². The van der Waals surface area contributed by atoms with Gasteiger partial charge in [0.15, 0.2) is 0 Å². The SMILES string of the molecule is CC(C)=CC(=C(C)NC(=O)c1cccnc1F)C(F)(F)F. The van der Waals surface area contributed by atoms with Crippen molar-refractivity contribution >= 4 is 5.91 Å². The monoisotopic (exact) mass is 302 g/mol. The zero-order chi connectivity index (χ0) is 16.2. The lowest BCUT2D eigenvalue weighted by Gasteiger charge is -2.14. The summed E-state index contributed by atoms with van der Waals surface area (Å²) < 4.78 is 52.1. The molecule has 0 radical (unpaired) electrons. The zero-order valence-electron chi connectivity index (χ0n) is 11.7. The molecule has 3 nitrogen and oxygen atoms in total. The van der Waals surface area contributed by atoms with Crippen LogP contribution in [0.1, 0.15) is 31.1 Å². The van der Waals surface area contributed by atoms with Crippen LogP contribution in [0.4, 0.5) is 17.6 Å². The third-order valence-electron chi connectivity index (χ3n) is 2.45. The van der Waals surface area contributed by atoms with Gasteiger partial charge in [0, 0.05) is 11.9 Å². The summed E-state index contributed by atoms with van der Waals surface area (Å²) in [5.74, 6) is -2.03. The number of carbonyl (C=O) groups excluding carboxylic acids is 1. The lowest BCUT2D eigenvalue weighted by Crippen LogP contribution is -2.26. The summed E-state index contributed by atoms with van der Waals surface area (Å²) in [6.45, 7) is 4.11. The summed E-state index contributed by atoms with van der Waals surface area (Å²) in [6.07, 6.45) is -2.57. The van der Waals surface area contributed by atoms with Gasteiger partial charge in [0.25, 0.3) is 5.91 Å². The molecule has 0 fully saturated rings. The number of allylic oxidation sites excluding steroid dienone is 4. The highest BCUT2D eigenvalue weighted by atomic mass is 19.4. The van der Waals surface area contributed by atoms with E-state index in [1.165, 1.54) is 19.9 Å². The van der Waals surface area contributed by atoms with E-state index in [0.29, 0.717) is 5.57 Å². The molecule has 0 spiro atoms. The van der Waals surface area contributed by atoms with Gasteiger partial charge < -0.3 is 5.32 Å². The predicted octanol–water partition coefficient (Wildman–Crippen LogP) is 3.75. The average molecular weight is 302 g/mol. The normalized spacial score (nSPS) is 12.5. The van der Waals surface area contributed by atoms with Gasteiger partial charge in [0.1, 0.15) is 0 Å². The molecule has 0 bridgehead atoms. The minimum absolute atomic E-state index is 0.406. The first-order valence-electron chi connectivity index (χ1n) is 5.97. The van der Waals surface area contributed by atoms with Crippen molar-refractivity contribution in [2.24, 2.45) is 0 Å². The molecular formula is C14H14F4N2O. The number of nitrogens with zero attached hydrogens (tertiary/aromatic N) is 1. The first-order chi connectivity index (χ1) is 9.62. The highest BCUT2D eigenvalue weighted by Gasteiger charge is 2.34. The van der Waals surface area contributed by atoms with E-state index in [4.69, 9.17) is 0 Å². The maximum atomic E-state index is 13.3. The third kappa shape index (κ3) is 4.70. The summed E-state index contributed by atoms with van der Waals surface area (Å²) in [6, 6.07) is 2.46. The van der Waals surface area contributed by atoms with Crippen LogP contribution in [0.25, 0.3) is 0 Å². The van der Waals surface area contributed by atoms with Gasteiger partial charge in [-0.15, -0.1) is 0 Å². The van der Waals surface area contributed by atoms with Gasteiger partial charge in [0.2, 0.25) is 5.95 Å². The molecule has 1 heterocycles. The number of hydrogen-bond donors (Lipinski definition) is 1. The van der Waals surface area contributed by atoms with Gasteiger partial charge >= 0.3 is 6.18 Å². The predicted molar refractivity (Wildman–Crippen MR) is 69.8 cm³/mol. The van der Waals surface area contributed by atoms with Crippen molar-refractivity contribution in [2.45, 2.75) is 26.9 Å². The molecule has 0 atom stereocenters. The molecule has 1 aromatic rings. The number of aromatic nitrogens is 1. The molecule has 114 valence electrons. The van der Waals surface area contributed by atoms with Crippen LogP contribution in [-0.4, -0.2) is 17.1 Å². The number of halogens is 4. The Bertz CT molecular complexity index is 599. The Kier molecular flexibility index (Phi) is 5.23. The van der Waals surface area contributed by atoms with Crippen LogP contribution in [0.15, 0.2) is 41.2 Å². The molecule has 1 amide bonds. The molecule has 1 rings (SSSR count). The van der Waals surface area contributed by atoms with Crippen LogP contribution in [0, 0.1) is 5.95 Å². The van der Waals surface area contributed by atoms with Crippen molar-refractivity contribution < 1.29 is 22.4 Å². The lowest BCUT2D eigenvalue weighted by atomic mass is 10.1. The fourth-order valence-electron chi connectivity index (χ4n) is 1.55. The number of pyridine rings is 1. The van der Waals surface area contributed by atoms with E-state index in [2.05, 4.69) is 4.98 Å². The fourth-order valence-corrected chi connectivity index (χ4v) is 1.55. The molecule has 0 aliphatic heterocycles. The van der Waals surface area contributed by atoms with E-state index in [1.54, 1.807) is 0 Å². The van der Waals surface area contributed by atoms with Crippen molar-refractivity contribution in [3.63, 3.8) is 0 Å². The highest BCUT2D eigenvalue weighted by Crippen LogP contribution is 2.29. The van der Waals surface area contributed by atoms with Crippen LogP contribution in [0.2, 0.25) is 0 Å². The van der Waals surface area contributed by atoms with E-state index in [1.807, 2.05) is 5.32 Å². The summed E-state index contributed by atoms with van der Waals surface area (Å²) >= 11 is 0. The van der Waals surface area contributed by atoms with Crippen molar-refractivity contribution in [1.82, 2.24) is 10.3 Å². The molecule has 0 aromatic carbocycles. The second kappa shape index (κ2) is 6.51. The Balaban J connectivity index is 3.14. The minimum Gasteiger partial charge on any atom is -0.325 e. The molecule has 0 saturated carbocycles. The summed E-state index contributed by atoms with van der Waals surface area (Å²) in [7, 11) is 0. The van der Waals surface area contributed by atoms with Crippen LogP contribution in [-0.2, 0) is 0 Å². The highest BCUT2D eigenvalue weighted by molar-refractivity contribution is 5.95. The minimum atomic E-state index is -4.62. The summed E-state index contributed by atoms with van der Waals surface area (Å²) in [5, 5.41) is 2.05. The van der Waals surface area contributed by atoms with Crippen molar-refractivity contribution in [3.8, 4) is 0 Å². The molecular weight excluding hydrogens is 288 g/mol. The first kappa shape index (κ1) is 16.9. The van der Waals surface area contributed by atoms with Crippen LogP contribution >= 0.6 is 0 Å². The second-order valence-electron chi connectivity index (χ2n) is 4.55. The van der Waals surface area contributed by atoms with E-state index in [0.717, 1.165) is 25.3 Å². The van der Waals surface area contributed by atoms with Gasteiger partial charge in [-0.2, -0.15) is 17.6 Å². The van der Waals surface area contributed by atoms with E-state index in [-0.39, 0.29) is 0 Å². The van der Waals surface area contributed by atoms with Crippen molar-refractivity contribution in [3.05, 3.63) is 52.8 Å². The first-order valence-corrected chi connectivity index (χ1v) is 5.97. The Morgan fingerprint density at radius 2 is 1.90 bits per heavy atom. The average Bonchev–Trinajstić information content (AvgIpc) is 2.34.